The zero-order valence-electron chi connectivity index (χ0n) is 2.84. The molecule has 0 aromatic heterocycles. The molecule has 0 heterocycles. The fourth-order valence-corrected chi connectivity index (χ4v) is 0.0504. The number of carboxylic acids is 1. The Balaban J connectivity index is 3.60. The summed E-state index contributed by atoms with van der Waals surface area (Å²) in [5.74, 6) is -0.167. The van der Waals surface area contributed by atoms with Gasteiger partial charge < -0.3 is 5.11 Å². The van der Waals surface area contributed by atoms with Gasteiger partial charge in [0.05, 0.1) is 0 Å². The summed E-state index contributed by atoms with van der Waals surface area (Å²) in [5, 5.41) is 7.60. The molecule has 0 radical (unpaired) electrons. The fourth-order valence-electron chi connectivity index (χ4n) is 0.0504. The Kier molecular flexibility index (Phi) is 1.78. The van der Waals surface area contributed by atoms with Crippen LogP contribution in [0.4, 0.5) is 0 Å². The summed E-state index contributed by atoms with van der Waals surface area (Å²) >= 11 is 0. The zero-order valence-corrected chi connectivity index (χ0v) is 2.84. The van der Waals surface area contributed by atoms with E-state index in [9.17, 15) is 4.79 Å². The predicted octanol–water partition coefficient (Wildman–Crippen LogP) is -0.541. The predicted molar refractivity (Wildman–Crippen MR) is 17.9 cm³/mol. The van der Waals surface area contributed by atoms with E-state index in [4.69, 9.17) is 9.90 Å². The molecule has 3 nitrogen and oxygen atoms in total. The molecule has 0 atom stereocenters. The van der Waals surface area contributed by atoms with E-state index in [-0.39, 0.29) is 0 Å². The first kappa shape index (κ1) is 4.92. The lowest BCUT2D eigenvalue weighted by Gasteiger charge is -1.62. The van der Waals surface area contributed by atoms with E-state index >= 15 is 0 Å². The van der Waals surface area contributed by atoms with Gasteiger partial charge >= 0.3 is 5.97 Å². The van der Waals surface area contributed by atoms with Crippen LogP contribution >= 0.6 is 0 Å². The van der Waals surface area contributed by atoms with Crippen LogP contribution in [0.15, 0.2) is 6.08 Å². The summed E-state index contributed by atoms with van der Waals surface area (Å²) < 4.78 is 0. The van der Waals surface area contributed by atoms with Gasteiger partial charge in [-0.3, -0.25) is 0 Å². The highest BCUT2D eigenvalue weighted by Gasteiger charge is 1.79. The molecule has 6 heavy (non-hydrogen) atoms. The average Bonchev–Trinajstić information content (AvgIpc) is 1.35. The van der Waals surface area contributed by atoms with Gasteiger partial charge in [0.15, 0.2) is 0 Å². The van der Waals surface area contributed by atoms with E-state index in [0.717, 1.165) is 5.94 Å². The van der Waals surface area contributed by atoms with Gasteiger partial charge in [0.2, 0.25) is 0 Å². The van der Waals surface area contributed by atoms with Crippen molar-refractivity contribution in [1.82, 2.24) is 0 Å². The van der Waals surface area contributed by atoms with Gasteiger partial charge in [-0.1, -0.05) is 0 Å². The van der Waals surface area contributed by atoms with E-state index < -0.39 is 5.97 Å². The smallest absolute Gasteiger partial charge is 0.339 e. The molecule has 0 bridgehead atoms. The highest BCUT2D eigenvalue weighted by molar-refractivity contribution is 5.88. The SMILES string of the molecule is O=[13C]=CC(=O)O. The van der Waals surface area contributed by atoms with Gasteiger partial charge in [-0.25, -0.2) is 9.59 Å². The number of aliphatic carboxylic acids is 1. The third-order valence-corrected chi connectivity index (χ3v) is 0.182. The van der Waals surface area contributed by atoms with Crippen molar-refractivity contribution >= 4 is 11.9 Å². The summed E-state index contributed by atoms with van der Waals surface area (Å²) in [6, 6.07) is 0. The van der Waals surface area contributed by atoms with Gasteiger partial charge in [0, 0.05) is 0 Å². The van der Waals surface area contributed by atoms with Gasteiger partial charge in [-0.05, 0) is 0 Å². The number of carbonyl (C=O) groups excluding carboxylic acids is 1. The molecule has 3 heteroatoms. The standard InChI is InChI=1S/C3H2O3/c4-2-1-3(5)6/h1H,(H,5,6)/i2+1. The van der Waals surface area contributed by atoms with Gasteiger partial charge in [-0.2, -0.15) is 0 Å². The van der Waals surface area contributed by atoms with Crippen molar-refractivity contribution in [3.8, 4) is 0 Å². The Morgan fingerprint density at radius 1 is 1.83 bits per heavy atom. The Morgan fingerprint density at radius 2 is 2.33 bits per heavy atom. The van der Waals surface area contributed by atoms with Crippen molar-refractivity contribution in [2.75, 3.05) is 0 Å². The second-order valence-corrected chi connectivity index (χ2v) is 0.600. The molecule has 0 fully saturated rings. The van der Waals surface area contributed by atoms with Crippen LogP contribution in [0.5, 0.6) is 0 Å². The normalized spacial score (nSPS) is 6.00. The van der Waals surface area contributed by atoms with Crippen molar-refractivity contribution in [3.63, 3.8) is 0 Å². The van der Waals surface area contributed by atoms with E-state index in [2.05, 4.69) is 0 Å². The molecule has 0 aliphatic rings. The van der Waals surface area contributed by atoms with Crippen LogP contribution in [-0.2, 0) is 9.59 Å². The molecule has 0 spiro atoms. The molecule has 0 aromatic rings. The molecule has 0 rings (SSSR count). The minimum atomic E-state index is -1.26. The first-order valence-electron chi connectivity index (χ1n) is 1.21. The maximum Gasteiger partial charge on any atom is 0.339 e. The Labute approximate surface area is 33.9 Å². The minimum absolute atomic E-state index is 0.403. The molecule has 0 unspecified atom stereocenters. The molecule has 0 saturated carbocycles. The van der Waals surface area contributed by atoms with E-state index in [1.54, 1.807) is 0 Å². The van der Waals surface area contributed by atoms with Crippen LogP contribution in [0.3, 0.4) is 0 Å². The van der Waals surface area contributed by atoms with Crippen LogP contribution in [0.1, 0.15) is 0 Å². The molecule has 0 aliphatic carbocycles. The molecule has 0 saturated heterocycles. The number of carbonyl (C=O) groups is 1. The second kappa shape index (κ2) is 2.18. The Bertz CT molecular complexity index is 98.6. The number of hydrogen-bond acceptors (Lipinski definition) is 2. The lowest BCUT2D eigenvalue weighted by atomic mass is 10.8. The summed E-state index contributed by atoms with van der Waals surface area (Å²) in [4.78, 5) is 18.3. The van der Waals surface area contributed by atoms with Gasteiger partial charge in [0.1, 0.15) is 12.0 Å². The largest absolute Gasteiger partial charge is 0.478 e. The van der Waals surface area contributed by atoms with Gasteiger partial charge in [-0.15, -0.1) is 0 Å². The van der Waals surface area contributed by atoms with Crippen LogP contribution < -0.4 is 0 Å². The molecule has 0 amide bonds. The molecule has 1 N–H and O–H groups in total. The second-order valence-electron chi connectivity index (χ2n) is 0.600. The highest BCUT2D eigenvalue weighted by atomic mass is 16.4. The zero-order chi connectivity index (χ0) is 4.99. The van der Waals surface area contributed by atoms with Crippen molar-refractivity contribution in [2.24, 2.45) is 0 Å². The average molecular weight is 87.0 g/mol. The monoisotopic (exact) mass is 87.0 g/mol. The summed E-state index contributed by atoms with van der Waals surface area (Å²) in [6.07, 6.45) is 0.403. The lowest BCUT2D eigenvalue weighted by molar-refractivity contribution is -0.131. The van der Waals surface area contributed by atoms with Crippen LogP contribution in [-0.4, -0.2) is 17.0 Å². The number of carboxylic acid groups (broad SMARTS) is 1. The lowest BCUT2D eigenvalue weighted by Crippen LogP contribution is -1.84. The van der Waals surface area contributed by atoms with Crippen molar-refractivity contribution < 1.29 is 14.7 Å². The topological polar surface area (TPSA) is 54.4 Å². The van der Waals surface area contributed by atoms with E-state index in [1.807, 2.05) is 0 Å². The first-order valence-corrected chi connectivity index (χ1v) is 1.21. The molecule has 32 valence electrons. The fraction of sp³-hybridized carbons (Fsp3) is 0. The summed E-state index contributed by atoms with van der Waals surface area (Å²) in [6.45, 7) is 0. The molecular formula is C3H2O3. The minimum Gasteiger partial charge on any atom is -0.478 e. The molecular weight excluding hydrogens is 85.0 g/mol. The highest BCUT2D eigenvalue weighted by Crippen LogP contribution is 1.53. The van der Waals surface area contributed by atoms with Crippen molar-refractivity contribution in [2.45, 2.75) is 0 Å². The van der Waals surface area contributed by atoms with E-state index in [0.29, 0.717) is 6.08 Å². The maximum absolute atomic E-state index is 9.28. The number of rotatable bonds is 1. The van der Waals surface area contributed by atoms with Crippen LogP contribution in [0, 0.1) is 0 Å². The first-order chi connectivity index (χ1) is 2.77. The van der Waals surface area contributed by atoms with Crippen LogP contribution in [0.25, 0.3) is 0 Å². The van der Waals surface area contributed by atoms with Gasteiger partial charge in [0.25, 0.3) is 0 Å². The number of hydrogen-bond donors (Lipinski definition) is 1. The molecule has 0 aromatic carbocycles. The molecule has 0 aliphatic heterocycles. The van der Waals surface area contributed by atoms with Crippen molar-refractivity contribution in [3.05, 3.63) is 6.08 Å². The Hall–Kier alpha value is -1.08. The summed E-state index contributed by atoms with van der Waals surface area (Å²) in [7, 11) is 0. The van der Waals surface area contributed by atoms with Crippen molar-refractivity contribution in [1.29, 1.82) is 0 Å². The Morgan fingerprint density at radius 3 is 2.33 bits per heavy atom. The van der Waals surface area contributed by atoms with E-state index in [1.165, 1.54) is 0 Å². The quantitative estimate of drug-likeness (QED) is 0.265. The summed E-state index contributed by atoms with van der Waals surface area (Å²) in [5.41, 5.74) is 0. The third kappa shape index (κ3) is 2.92. The maximum atomic E-state index is 9.28. The third-order valence-electron chi connectivity index (χ3n) is 0.182. The van der Waals surface area contributed by atoms with Crippen LogP contribution in [0.2, 0.25) is 0 Å².